The molecule has 1 N–H and O–H groups in total. The van der Waals surface area contributed by atoms with Gasteiger partial charge in [0.25, 0.3) is 11.8 Å². The number of carbonyl (C=O) groups is 2. The highest BCUT2D eigenvalue weighted by Gasteiger charge is 2.41. The van der Waals surface area contributed by atoms with Crippen LogP contribution < -0.4 is 19.7 Å². The van der Waals surface area contributed by atoms with Gasteiger partial charge in [-0.05, 0) is 49.2 Å². The molecule has 4 rings (SSSR count). The maximum atomic E-state index is 13.7. The van der Waals surface area contributed by atoms with Gasteiger partial charge in [0.1, 0.15) is 17.2 Å². The molecule has 1 aliphatic heterocycles. The topological polar surface area (TPSA) is 67.9 Å². The van der Waals surface area contributed by atoms with Crippen molar-refractivity contribution in [2.45, 2.75) is 13.8 Å². The van der Waals surface area contributed by atoms with Crippen LogP contribution in [-0.2, 0) is 9.59 Å². The number of rotatable bonds is 6. The highest BCUT2D eigenvalue weighted by Crippen LogP contribution is 2.38. The molecule has 3 aromatic carbocycles. The fraction of sp³-hybridized carbons (Fsp3) is 0.154. The Hall–Kier alpha value is -4.06. The van der Waals surface area contributed by atoms with Gasteiger partial charge >= 0.3 is 0 Å². The number of anilines is 2. The summed E-state index contributed by atoms with van der Waals surface area (Å²) in [7, 11) is 3.09. The van der Waals surface area contributed by atoms with Crippen molar-refractivity contribution in [3.8, 4) is 11.5 Å². The maximum Gasteiger partial charge on any atom is 0.282 e. The van der Waals surface area contributed by atoms with E-state index in [0.717, 1.165) is 16.0 Å². The summed E-state index contributed by atoms with van der Waals surface area (Å²) in [6.07, 6.45) is 0. The summed E-state index contributed by atoms with van der Waals surface area (Å²) in [5.41, 5.74) is 4.26. The lowest BCUT2D eigenvalue weighted by atomic mass is 9.97. The van der Waals surface area contributed by atoms with Gasteiger partial charge in [-0.1, -0.05) is 42.0 Å². The van der Waals surface area contributed by atoms with E-state index in [0.29, 0.717) is 34.0 Å². The quantitative estimate of drug-likeness (QED) is 0.576. The molecule has 0 fully saturated rings. The van der Waals surface area contributed by atoms with Crippen molar-refractivity contribution < 1.29 is 19.1 Å². The van der Waals surface area contributed by atoms with Crippen LogP contribution in [0, 0.1) is 13.8 Å². The van der Waals surface area contributed by atoms with E-state index in [2.05, 4.69) is 5.32 Å². The number of benzene rings is 3. The number of hydrogen-bond donors (Lipinski definition) is 1. The predicted octanol–water partition coefficient (Wildman–Crippen LogP) is 4.72. The minimum atomic E-state index is -0.447. The second kappa shape index (κ2) is 8.59. The van der Waals surface area contributed by atoms with E-state index in [4.69, 9.17) is 9.47 Å². The molecule has 0 unspecified atom stereocenters. The van der Waals surface area contributed by atoms with Gasteiger partial charge in [-0.2, -0.15) is 0 Å². The molecule has 32 heavy (non-hydrogen) atoms. The van der Waals surface area contributed by atoms with Crippen LogP contribution in [0.4, 0.5) is 11.4 Å². The summed E-state index contributed by atoms with van der Waals surface area (Å²) >= 11 is 0. The van der Waals surface area contributed by atoms with Crippen LogP contribution >= 0.6 is 0 Å². The molecule has 162 valence electrons. The van der Waals surface area contributed by atoms with Crippen molar-refractivity contribution in [2.75, 3.05) is 24.4 Å². The molecule has 1 aliphatic rings. The molecule has 0 saturated carbocycles. The first-order chi connectivity index (χ1) is 15.4. The SMILES string of the molecule is COc1cccc(NC2=C(c3ccc(C)cc3C)C(=O)N(c3ccccc3OC)C2=O)c1. The van der Waals surface area contributed by atoms with E-state index < -0.39 is 11.8 Å². The molecular formula is C26H24N2O4. The Kier molecular flexibility index (Phi) is 5.69. The van der Waals surface area contributed by atoms with E-state index in [1.165, 1.54) is 7.11 Å². The zero-order valence-electron chi connectivity index (χ0n) is 18.4. The summed E-state index contributed by atoms with van der Waals surface area (Å²) in [5.74, 6) is 0.230. The summed E-state index contributed by atoms with van der Waals surface area (Å²) in [4.78, 5) is 28.4. The Morgan fingerprint density at radius 3 is 2.31 bits per heavy atom. The molecule has 1 heterocycles. The molecule has 0 aliphatic carbocycles. The van der Waals surface area contributed by atoms with Gasteiger partial charge in [-0.25, -0.2) is 4.90 Å². The monoisotopic (exact) mass is 428 g/mol. The standard InChI is InChI=1S/C26H24N2O4/c1-16-12-13-20(17(2)14-16)23-24(27-18-8-7-9-19(15-18)31-3)26(30)28(25(23)29)21-10-5-6-11-22(21)32-4/h5-15,27H,1-4H3. The molecule has 3 aromatic rings. The van der Waals surface area contributed by atoms with E-state index in [9.17, 15) is 9.59 Å². The average molecular weight is 428 g/mol. The summed E-state index contributed by atoms with van der Waals surface area (Å²) in [5, 5.41) is 3.17. The van der Waals surface area contributed by atoms with Crippen LogP contribution in [0.5, 0.6) is 11.5 Å². The first-order valence-corrected chi connectivity index (χ1v) is 10.2. The summed E-state index contributed by atoms with van der Waals surface area (Å²) in [6, 6.07) is 20.0. The van der Waals surface area contributed by atoms with Crippen molar-refractivity contribution in [3.05, 3.63) is 89.1 Å². The van der Waals surface area contributed by atoms with E-state index in [1.807, 2.05) is 50.2 Å². The Labute approximate surface area is 187 Å². The van der Waals surface area contributed by atoms with Gasteiger partial charge in [0.05, 0.1) is 25.5 Å². The van der Waals surface area contributed by atoms with E-state index in [1.54, 1.807) is 37.4 Å². The molecule has 2 amide bonds. The molecule has 0 radical (unpaired) electrons. The van der Waals surface area contributed by atoms with Gasteiger partial charge in [0, 0.05) is 11.8 Å². The van der Waals surface area contributed by atoms with Gasteiger partial charge in [-0.15, -0.1) is 0 Å². The zero-order chi connectivity index (χ0) is 22.8. The fourth-order valence-corrected chi connectivity index (χ4v) is 3.87. The van der Waals surface area contributed by atoms with Crippen LogP contribution in [0.2, 0.25) is 0 Å². The highest BCUT2D eigenvalue weighted by molar-refractivity contribution is 6.46. The Morgan fingerprint density at radius 2 is 1.59 bits per heavy atom. The first kappa shape index (κ1) is 21.2. The van der Waals surface area contributed by atoms with Crippen molar-refractivity contribution in [2.24, 2.45) is 0 Å². The number of carbonyl (C=O) groups excluding carboxylic acids is 2. The van der Waals surface area contributed by atoms with Gasteiger partial charge in [0.15, 0.2) is 0 Å². The average Bonchev–Trinajstić information content (AvgIpc) is 3.03. The normalized spacial score (nSPS) is 13.6. The molecule has 0 bridgehead atoms. The second-order valence-corrected chi connectivity index (χ2v) is 7.54. The first-order valence-electron chi connectivity index (χ1n) is 10.2. The molecule has 0 atom stereocenters. The zero-order valence-corrected chi connectivity index (χ0v) is 18.4. The molecule has 0 spiro atoms. The van der Waals surface area contributed by atoms with Crippen molar-refractivity contribution >= 4 is 28.8 Å². The van der Waals surface area contributed by atoms with E-state index in [-0.39, 0.29) is 5.70 Å². The minimum Gasteiger partial charge on any atom is -0.497 e. The van der Waals surface area contributed by atoms with Crippen LogP contribution in [0.1, 0.15) is 16.7 Å². The third kappa shape index (κ3) is 3.71. The maximum absolute atomic E-state index is 13.7. The number of aryl methyl sites for hydroxylation is 2. The third-order valence-electron chi connectivity index (χ3n) is 5.40. The highest BCUT2D eigenvalue weighted by atomic mass is 16.5. The lowest BCUT2D eigenvalue weighted by Crippen LogP contribution is -2.32. The van der Waals surface area contributed by atoms with Gasteiger partial charge in [0.2, 0.25) is 0 Å². The van der Waals surface area contributed by atoms with Crippen molar-refractivity contribution in [3.63, 3.8) is 0 Å². The number of nitrogens with one attached hydrogen (secondary N) is 1. The van der Waals surface area contributed by atoms with Gasteiger partial charge < -0.3 is 14.8 Å². The van der Waals surface area contributed by atoms with Crippen molar-refractivity contribution in [1.29, 1.82) is 0 Å². The molecule has 0 saturated heterocycles. The molecule has 6 heteroatoms. The van der Waals surface area contributed by atoms with Crippen molar-refractivity contribution in [1.82, 2.24) is 0 Å². The third-order valence-corrected chi connectivity index (χ3v) is 5.40. The summed E-state index contributed by atoms with van der Waals surface area (Å²) in [6.45, 7) is 3.92. The summed E-state index contributed by atoms with van der Waals surface area (Å²) < 4.78 is 10.7. The number of nitrogens with zero attached hydrogens (tertiary/aromatic N) is 1. The smallest absolute Gasteiger partial charge is 0.282 e. The van der Waals surface area contributed by atoms with Gasteiger partial charge in [-0.3, -0.25) is 9.59 Å². The van der Waals surface area contributed by atoms with Crippen LogP contribution in [-0.4, -0.2) is 26.0 Å². The molecular weight excluding hydrogens is 404 g/mol. The molecule has 0 aromatic heterocycles. The minimum absolute atomic E-state index is 0.209. The number of methoxy groups -OCH3 is 2. The van der Waals surface area contributed by atoms with Crippen LogP contribution in [0.25, 0.3) is 5.57 Å². The lowest BCUT2D eigenvalue weighted by Gasteiger charge is -2.18. The Balaban J connectivity index is 1.87. The number of hydrogen-bond acceptors (Lipinski definition) is 5. The largest absolute Gasteiger partial charge is 0.497 e. The number of imide groups is 1. The number of amides is 2. The van der Waals surface area contributed by atoms with Crippen LogP contribution in [0.3, 0.4) is 0 Å². The molecule has 6 nitrogen and oxygen atoms in total. The Morgan fingerprint density at radius 1 is 0.812 bits per heavy atom. The predicted molar refractivity (Wildman–Crippen MR) is 125 cm³/mol. The Bertz CT molecular complexity index is 1250. The number of para-hydroxylation sites is 2. The van der Waals surface area contributed by atoms with Crippen LogP contribution in [0.15, 0.2) is 72.4 Å². The fourth-order valence-electron chi connectivity index (χ4n) is 3.87. The second-order valence-electron chi connectivity index (χ2n) is 7.54. The van der Waals surface area contributed by atoms with E-state index >= 15 is 0 Å². The number of ether oxygens (including phenoxy) is 2. The lowest BCUT2D eigenvalue weighted by molar-refractivity contribution is -0.120.